The molecular formula is C23H23N3O4. The zero-order chi connectivity index (χ0) is 21.2. The number of carbonyl (C=O) groups excluding carboxylic acids is 2. The lowest BCUT2D eigenvalue weighted by Gasteiger charge is -2.09. The fourth-order valence-electron chi connectivity index (χ4n) is 2.71. The van der Waals surface area contributed by atoms with E-state index in [-0.39, 0.29) is 30.5 Å². The molecule has 0 unspecified atom stereocenters. The van der Waals surface area contributed by atoms with Crippen LogP contribution in [-0.2, 0) is 22.7 Å². The lowest BCUT2D eigenvalue weighted by atomic mass is 10.1. The van der Waals surface area contributed by atoms with Crippen LogP contribution < -0.4 is 20.9 Å². The molecule has 0 atom stereocenters. The topological polar surface area (TPSA) is 89.4 Å². The van der Waals surface area contributed by atoms with Gasteiger partial charge < -0.3 is 19.9 Å². The van der Waals surface area contributed by atoms with Crippen molar-refractivity contribution < 1.29 is 14.3 Å². The first-order valence-corrected chi connectivity index (χ1v) is 9.55. The third kappa shape index (κ3) is 6.63. The molecular weight excluding hydrogens is 382 g/mol. The van der Waals surface area contributed by atoms with E-state index in [9.17, 15) is 14.4 Å². The molecule has 0 bridgehead atoms. The van der Waals surface area contributed by atoms with Crippen molar-refractivity contribution in [1.29, 1.82) is 0 Å². The van der Waals surface area contributed by atoms with Crippen molar-refractivity contribution in [2.75, 3.05) is 13.2 Å². The average molecular weight is 405 g/mol. The van der Waals surface area contributed by atoms with E-state index in [1.54, 1.807) is 29.0 Å². The highest BCUT2D eigenvalue weighted by atomic mass is 16.5. The number of rotatable bonds is 9. The van der Waals surface area contributed by atoms with Gasteiger partial charge in [-0.2, -0.15) is 0 Å². The molecule has 0 spiro atoms. The van der Waals surface area contributed by atoms with Crippen LogP contribution in [0.15, 0.2) is 83.8 Å². The van der Waals surface area contributed by atoms with Crippen molar-refractivity contribution in [3.63, 3.8) is 0 Å². The van der Waals surface area contributed by atoms with Crippen LogP contribution in [0.2, 0.25) is 0 Å². The molecule has 7 heteroatoms. The van der Waals surface area contributed by atoms with Gasteiger partial charge >= 0.3 is 0 Å². The van der Waals surface area contributed by atoms with E-state index in [4.69, 9.17) is 4.74 Å². The van der Waals surface area contributed by atoms with Gasteiger partial charge in [0.15, 0.2) is 6.61 Å². The summed E-state index contributed by atoms with van der Waals surface area (Å²) in [6, 6.07) is 21.7. The minimum atomic E-state index is -0.366. The summed E-state index contributed by atoms with van der Waals surface area (Å²) in [7, 11) is 0. The number of aromatic nitrogens is 1. The Bertz CT molecular complexity index is 1030. The molecule has 0 radical (unpaired) electrons. The number of hydrogen-bond donors (Lipinski definition) is 2. The maximum Gasteiger partial charge on any atom is 0.258 e. The van der Waals surface area contributed by atoms with E-state index in [0.717, 1.165) is 11.1 Å². The van der Waals surface area contributed by atoms with Gasteiger partial charge in [0, 0.05) is 18.8 Å². The minimum Gasteiger partial charge on any atom is -0.484 e. The Morgan fingerprint density at radius 3 is 2.23 bits per heavy atom. The Morgan fingerprint density at radius 1 is 0.800 bits per heavy atom. The standard InChI is InChI=1S/C23H23N3O4/c27-21(15-25-22(28)17-30-20-6-2-1-3-7-20)24-14-18-9-11-19(12-10-18)16-26-13-5-4-8-23(26)29/h1-13H,14-17H2,(H,24,27)(H,25,28). The summed E-state index contributed by atoms with van der Waals surface area (Å²) in [5.41, 5.74) is 1.86. The summed E-state index contributed by atoms with van der Waals surface area (Å²) in [5, 5.41) is 5.28. The Hall–Kier alpha value is -3.87. The molecule has 1 heterocycles. The van der Waals surface area contributed by atoms with Crippen LogP contribution in [0.5, 0.6) is 5.75 Å². The zero-order valence-corrected chi connectivity index (χ0v) is 16.4. The Balaban J connectivity index is 1.37. The van der Waals surface area contributed by atoms with Gasteiger partial charge in [0.05, 0.1) is 13.1 Å². The van der Waals surface area contributed by atoms with Crippen LogP contribution in [0.3, 0.4) is 0 Å². The summed E-state index contributed by atoms with van der Waals surface area (Å²) in [4.78, 5) is 35.5. The Labute approximate surface area is 174 Å². The maximum atomic E-state index is 11.9. The van der Waals surface area contributed by atoms with Crippen molar-refractivity contribution in [2.24, 2.45) is 0 Å². The van der Waals surface area contributed by atoms with Gasteiger partial charge in [-0.05, 0) is 29.3 Å². The Kier molecular flexibility index (Phi) is 7.38. The molecule has 0 aliphatic heterocycles. The highest BCUT2D eigenvalue weighted by Gasteiger charge is 2.06. The summed E-state index contributed by atoms with van der Waals surface area (Å²) in [5.74, 6) is -0.0600. The molecule has 2 N–H and O–H groups in total. The molecule has 2 aromatic carbocycles. The first-order valence-electron chi connectivity index (χ1n) is 9.55. The number of nitrogens with one attached hydrogen (secondary N) is 2. The van der Waals surface area contributed by atoms with Crippen LogP contribution in [0.1, 0.15) is 11.1 Å². The van der Waals surface area contributed by atoms with Crippen molar-refractivity contribution in [1.82, 2.24) is 15.2 Å². The minimum absolute atomic E-state index is 0.0509. The zero-order valence-electron chi connectivity index (χ0n) is 16.4. The Morgan fingerprint density at radius 2 is 1.50 bits per heavy atom. The SMILES string of the molecule is O=C(CNC(=O)COc1ccccc1)NCc1ccc(Cn2ccccc2=O)cc1. The van der Waals surface area contributed by atoms with Crippen LogP contribution in [0, 0.1) is 0 Å². The molecule has 3 aromatic rings. The second-order valence-corrected chi connectivity index (χ2v) is 6.64. The van der Waals surface area contributed by atoms with Gasteiger partial charge in [0.1, 0.15) is 5.75 Å². The lowest BCUT2D eigenvalue weighted by Crippen LogP contribution is -2.38. The molecule has 2 amide bonds. The number of nitrogens with zero attached hydrogens (tertiary/aromatic N) is 1. The number of amides is 2. The van der Waals surface area contributed by atoms with Crippen molar-refractivity contribution in [3.8, 4) is 5.75 Å². The second-order valence-electron chi connectivity index (χ2n) is 6.64. The summed E-state index contributed by atoms with van der Waals surface area (Å²) >= 11 is 0. The molecule has 0 saturated heterocycles. The third-order valence-electron chi connectivity index (χ3n) is 4.32. The molecule has 154 valence electrons. The number of pyridine rings is 1. The van der Waals surface area contributed by atoms with Gasteiger partial charge in [-0.25, -0.2) is 0 Å². The largest absolute Gasteiger partial charge is 0.484 e. The molecule has 0 saturated carbocycles. The monoisotopic (exact) mass is 405 g/mol. The van der Waals surface area contributed by atoms with E-state index in [0.29, 0.717) is 18.8 Å². The van der Waals surface area contributed by atoms with Crippen LogP contribution in [0.4, 0.5) is 0 Å². The smallest absolute Gasteiger partial charge is 0.258 e. The summed E-state index contributed by atoms with van der Waals surface area (Å²) in [6.07, 6.45) is 1.75. The number of hydrogen-bond acceptors (Lipinski definition) is 4. The van der Waals surface area contributed by atoms with Gasteiger partial charge in [-0.1, -0.05) is 48.5 Å². The van der Waals surface area contributed by atoms with Gasteiger partial charge in [-0.15, -0.1) is 0 Å². The molecule has 1 aromatic heterocycles. The first kappa shape index (κ1) is 20.9. The summed E-state index contributed by atoms with van der Waals surface area (Å²) < 4.78 is 6.95. The van der Waals surface area contributed by atoms with Crippen molar-refractivity contribution in [3.05, 3.63) is 100 Å². The number of carbonyl (C=O) groups is 2. The van der Waals surface area contributed by atoms with Crippen LogP contribution >= 0.6 is 0 Å². The number of para-hydroxylation sites is 1. The molecule has 0 fully saturated rings. The van der Waals surface area contributed by atoms with Crippen LogP contribution in [-0.4, -0.2) is 29.5 Å². The maximum absolute atomic E-state index is 11.9. The number of benzene rings is 2. The number of ether oxygens (including phenoxy) is 1. The first-order chi connectivity index (χ1) is 14.6. The molecule has 7 nitrogen and oxygen atoms in total. The predicted molar refractivity (Wildman–Crippen MR) is 113 cm³/mol. The summed E-state index contributed by atoms with van der Waals surface area (Å²) in [6.45, 7) is 0.569. The molecule has 0 aliphatic rings. The fraction of sp³-hybridized carbons (Fsp3) is 0.174. The van der Waals surface area contributed by atoms with Gasteiger partial charge in [0.25, 0.3) is 11.5 Å². The van der Waals surface area contributed by atoms with Gasteiger partial charge in [-0.3, -0.25) is 14.4 Å². The normalized spacial score (nSPS) is 10.3. The quantitative estimate of drug-likeness (QED) is 0.567. The second kappa shape index (κ2) is 10.6. The van der Waals surface area contributed by atoms with E-state index in [2.05, 4.69) is 10.6 Å². The molecule has 0 aliphatic carbocycles. The van der Waals surface area contributed by atoms with E-state index in [1.807, 2.05) is 48.5 Å². The molecule has 3 rings (SSSR count). The lowest BCUT2D eigenvalue weighted by molar-refractivity contribution is -0.127. The molecule has 30 heavy (non-hydrogen) atoms. The predicted octanol–water partition coefficient (Wildman–Crippen LogP) is 1.71. The fourth-order valence-corrected chi connectivity index (χ4v) is 2.71. The van der Waals surface area contributed by atoms with Crippen molar-refractivity contribution >= 4 is 11.8 Å². The van der Waals surface area contributed by atoms with E-state index >= 15 is 0 Å². The van der Waals surface area contributed by atoms with Crippen LogP contribution in [0.25, 0.3) is 0 Å². The van der Waals surface area contributed by atoms with Gasteiger partial charge in [0.2, 0.25) is 5.91 Å². The highest BCUT2D eigenvalue weighted by molar-refractivity contribution is 5.85. The van der Waals surface area contributed by atoms with E-state index in [1.165, 1.54) is 6.07 Å². The average Bonchev–Trinajstić information content (AvgIpc) is 2.78. The van der Waals surface area contributed by atoms with Crippen molar-refractivity contribution in [2.45, 2.75) is 13.1 Å². The third-order valence-corrected chi connectivity index (χ3v) is 4.32. The highest BCUT2D eigenvalue weighted by Crippen LogP contribution is 2.07. The van der Waals surface area contributed by atoms with E-state index < -0.39 is 0 Å².